The third-order valence-electron chi connectivity index (χ3n) is 4.69. The Morgan fingerprint density at radius 2 is 1.88 bits per heavy atom. The fourth-order valence-electron chi connectivity index (χ4n) is 2.92. The molecule has 4 heteroatoms. The zero-order chi connectivity index (χ0) is 17.8. The Hall–Kier alpha value is -2.46. The zero-order valence-corrected chi connectivity index (χ0v) is 14.7. The Morgan fingerprint density at radius 3 is 2.56 bits per heavy atom. The van der Waals surface area contributed by atoms with Crippen LogP contribution in [0.25, 0.3) is 11.1 Å². The molecule has 25 heavy (non-hydrogen) atoms. The van der Waals surface area contributed by atoms with Crippen LogP contribution < -0.4 is 10.6 Å². The summed E-state index contributed by atoms with van der Waals surface area (Å²) in [5, 5.41) is 6.03. The zero-order valence-electron chi connectivity index (χ0n) is 14.7. The molecule has 1 heterocycles. The first-order valence-corrected chi connectivity index (χ1v) is 8.58. The van der Waals surface area contributed by atoms with Crippen molar-refractivity contribution < 1.29 is 9.18 Å². The van der Waals surface area contributed by atoms with Crippen molar-refractivity contribution in [2.75, 3.05) is 19.6 Å². The molecular weight excluding hydrogens is 315 g/mol. The van der Waals surface area contributed by atoms with Crippen LogP contribution in [0.2, 0.25) is 0 Å². The molecule has 2 aromatic rings. The fourth-order valence-corrected chi connectivity index (χ4v) is 2.92. The van der Waals surface area contributed by atoms with Crippen LogP contribution in [0.3, 0.4) is 0 Å². The van der Waals surface area contributed by atoms with E-state index in [0.717, 1.165) is 36.2 Å². The van der Waals surface area contributed by atoms with Crippen molar-refractivity contribution in [3.8, 4) is 11.1 Å². The minimum atomic E-state index is -0.493. The van der Waals surface area contributed by atoms with E-state index in [1.54, 1.807) is 12.1 Å². The van der Waals surface area contributed by atoms with Crippen molar-refractivity contribution in [2.45, 2.75) is 20.3 Å². The van der Waals surface area contributed by atoms with Gasteiger partial charge in [0.25, 0.3) is 5.91 Å². The molecule has 130 valence electrons. The average Bonchev–Trinajstić information content (AvgIpc) is 2.63. The number of benzene rings is 2. The number of nitrogens with one attached hydrogen (secondary N) is 2. The van der Waals surface area contributed by atoms with Gasteiger partial charge in [0.2, 0.25) is 0 Å². The van der Waals surface area contributed by atoms with Crippen LogP contribution >= 0.6 is 0 Å². The third kappa shape index (κ3) is 4.15. The van der Waals surface area contributed by atoms with Crippen LogP contribution in [0, 0.1) is 19.7 Å². The molecule has 3 nitrogen and oxygen atoms in total. The highest BCUT2D eigenvalue weighted by Gasteiger charge is 2.14. The predicted octanol–water partition coefficient (Wildman–Crippen LogP) is 3.76. The molecule has 0 fully saturated rings. The molecule has 1 amide bonds. The molecule has 3 rings (SSSR count). The van der Waals surface area contributed by atoms with Gasteiger partial charge in [-0.05, 0) is 61.2 Å². The first-order valence-electron chi connectivity index (χ1n) is 8.58. The third-order valence-corrected chi connectivity index (χ3v) is 4.69. The molecule has 0 bridgehead atoms. The van der Waals surface area contributed by atoms with Crippen LogP contribution in [0.5, 0.6) is 0 Å². The summed E-state index contributed by atoms with van der Waals surface area (Å²) in [7, 11) is 0. The lowest BCUT2D eigenvalue weighted by atomic mass is 9.99. The van der Waals surface area contributed by atoms with Crippen molar-refractivity contribution in [2.24, 2.45) is 0 Å². The Balaban J connectivity index is 1.73. The second-order valence-corrected chi connectivity index (χ2v) is 6.49. The lowest BCUT2D eigenvalue weighted by molar-refractivity contribution is 0.0952. The molecule has 0 unspecified atom stereocenters. The summed E-state index contributed by atoms with van der Waals surface area (Å²) < 4.78 is 14.4. The highest BCUT2D eigenvalue weighted by molar-refractivity contribution is 5.95. The van der Waals surface area contributed by atoms with Gasteiger partial charge in [-0.2, -0.15) is 0 Å². The first kappa shape index (κ1) is 17.4. The van der Waals surface area contributed by atoms with Crippen molar-refractivity contribution in [1.82, 2.24) is 10.6 Å². The van der Waals surface area contributed by atoms with Gasteiger partial charge in [0.1, 0.15) is 5.82 Å². The van der Waals surface area contributed by atoms with Gasteiger partial charge in [0, 0.05) is 13.1 Å². The van der Waals surface area contributed by atoms with E-state index in [-0.39, 0.29) is 11.5 Å². The lowest BCUT2D eigenvalue weighted by Gasteiger charge is -2.15. The molecule has 0 saturated carbocycles. The van der Waals surface area contributed by atoms with Crippen molar-refractivity contribution in [1.29, 1.82) is 0 Å². The van der Waals surface area contributed by atoms with E-state index in [1.165, 1.54) is 17.2 Å². The molecule has 2 N–H and O–H groups in total. The molecular formula is C21H23FN2O. The minimum absolute atomic E-state index is 0.0853. The van der Waals surface area contributed by atoms with Crippen LogP contribution in [0.4, 0.5) is 4.39 Å². The van der Waals surface area contributed by atoms with Crippen LogP contribution in [-0.2, 0) is 0 Å². The number of halogens is 1. The minimum Gasteiger partial charge on any atom is -0.348 e. The van der Waals surface area contributed by atoms with E-state index >= 15 is 0 Å². The van der Waals surface area contributed by atoms with E-state index in [9.17, 15) is 9.18 Å². The topological polar surface area (TPSA) is 41.1 Å². The maximum atomic E-state index is 14.4. The van der Waals surface area contributed by atoms with E-state index in [0.29, 0.717) is 6.54 Å². The number of hydrogen-bond donors (Lipinski definition) is 2. The normalized spacial score (nSPS) is 14.1. The maximum Gasteiger partial charge on any atom is 0.254 e. The summed E-state index contributed by atoms with van der Waals surface area (Å²) in [6.07, 6.45) is 2.98. The maximum absolute atomic E-state index is 14.4. The summed E-state index contributed by atoms with van der Waals surface area (Å²) in [5.41, 5.74) is 5.36. The Kier molecular flexibility index (Phi) is 5.29. The van der Waals surface area contributed by atoms with Crippen molar-refractivity contribution in [3.63, 3.8) is 0 Å². The molecule has 1 aliphatic heterocycles. The summed E-state index contributed by atoms with van der Waals surface area (Å²) >= 11 is 0. The predicted molar refractivity (Wildman–Crippen MR) is 99.2 cm³/mol. The van der Waals surface area contributed by atoms with Gasteiger partial charge in [-0.1, -0.05) is 35.9 Å². The van der Waals surface area contributed by atoms with Gasteiger partial charge in [0.15, 0.2) is 0 Å². The SMILES string of the molecule is Cc1ccc(-c2ccc(C(=O)NCC3=CCNCC3)c(F)c2)cc1C. The summed E-state index contributed by atoms with van der Waals surface area (Å²) in [6.45, 7) is 6.29. The first-order chi connectivity index (χ1) is 12.0. The summed E-state index contributed by atoms with van der Waals surface area (Å²) in [5.74, 6) is -0.865. The number of aryl methyl sites for hydroxylation is 2. The van der Waals surface area contributed by atoms with Gasteiger partial charge >= 0.3 is 0 Å². The Morgan fingerprint density at radius 1 is 1.12 bits per heavy atom. The van der Waals surface area contributed by atoms with Crippen LogP contribution in [0.15, 0.2) is 48.0 Å². The molecule has 0 aliphatic carbocycles. The largest absolute Gasteiger partial charge is 0.348 e. The molecule has 0 atom stereocenters. The van der Waals surface area contributed by atoms with E-state index < -0.39 is 5.82 Å². The molecule has 1 aliphatic rings. The van der Waals surface area contributed by atoms with Crippen LogP contribution in [0.1, 0.15) is 27.9 Å². The van der Waals surface area contributed by atoms with Gasteiger partial charge < -0.3 is 10.6 Å². The molecule has 0 aromatic heterocycles. The Bertz CT molecular complexity index is 827. The highest BCUT2D eigenvalue weighted by atomic mass is 19.1. The van der Waals surface area contributed by atoms with Crippen molar-refractivity contribution in [3.05, 3.63) is 70.6 Å². The van der Waals surface area contributed by atoms with Gasteiger partial charge in [-0.15, -0.1) is 0 Å². The number of carbonyl (C=O) groups excluding carboxylic acids is 1. The van der Waals surface area contributed by atoms with E-state index in [2.05, 4.69) is 16.7 Å². The number of amides is 1. The van der Waals surface area contributed by atoms with Crippen molar-refractivity contribution >= 4 is 5.91 Å². The number of rotatable bonds is 4. The molecule has 0 saturated heterocycles. The van der Waals surface area contributed by atoms with Gasteiger partial charge in [0.05, 0.1) is 5.56 Å². The van der Waals surface area contributed by atoms with E-state index in [4.69, 9.17) is 0 Å². The second-order valence-electron chi connectivity index (χ2n) is 6.49. The number of carbonyl (C=O) groups is 1. The highest BCUT2D eigenvalue weighted by Crippen LogP contribution is 2.24. The molecule has 0 spiro atoms. The lowest BCUT2D eigenvalue weighted by Crippen LogP contribution is -2.30. The monoisotopic (exact) mass is 338 g/mol. The Labute approximate surface area is 148 Å². The number of hydrogen-bond acceptors (Lipinski definition) is 2. The van der Waals surface area contributed by atoms with E-state index in [1.807, 2.05) is 32.0 Å². The smallest absolute Gasteiger partial charge is 0.254 e. The standard InChI is InChI=1S/C21H23FN2O/c1-14-3-4-17(11-15(14)2)18-5-6-19(20(22)12-18)21(25)24-13-16-7-9-23-10-8-16/h3-7,11-12,23H,8-10,13H2,1-2H3,(H,24,25). The molecule has 0 radical (unpaired) electrons. The summed E-state index contributed by atoms with van der Waals surface area (Å²) in [4.78, 5) is 12.3. The fraction of sp³-hybridized carbons (Fsp3) is 0.286. The average molecular weight is 338 g/mol. The quantitative estimate of drug-likeness (QED) is 0.834. The molecule has 2 aromatic carbocycles. The second kappa shape index (κ2) is 7.62. The summed E-state index contributed by atoms with van der Waals surface area (Å²) in [6, 6.07) is 10.8. The van der Waals surface area contributed by atoms with Gasteiger partial charge in [-0.3, -0.25) is 4.79 Å². The van der Waals surface area contributed by atoms with Gasteiger partial charge in [-0.25, -0.2) is 4.39 Å². The van der Waals surface area contributed by atoms with Crippen LogP contribution in [-0.4, -0.2) is 25.5 Å².